The summed E-state index contributed by atoms with van der Waals surface area (Å²) < 4.78 is 13.4. The molecule has 2 N–H and O–H groups in total. The second-order valence-corrected chi connectivity index (χ2v) is 3.89. The standard InChI is InChI=1S/C12H14FNO3/c1-7-3-4-10(13)9(5-7)6-11(12(16)17)14-8(2)15/h3-5,11H,6H2,1-2H3,(H,14,15)(H,16,17). The van der Waals surface area contributed by atoms with Gasteiger partial charge in [0.25, 0.3) is 0 Å². The van der Waals surface area contributed by atoms with E-state index in [9.17, 15) is 14.0 Å². The van der Waals surface area contributed by atoms with Gasteiger partial charge in [0, 0.05) is 13.3 Å². The Kier molecular flexibility index (Phi) is 4.20. The van der Waals surface area contributed by atoms with Gasteiger partial charge in [0.05, 0.1) is 0 Å². The summed E-state index contributed by atoms with van der Waals surface area (Å²) in [6.45, 7) is 3.01. The van der Waals surface area contributed by atoms with E-state index >= 15 is 0 Å². The fraction of sp³-hybridized carbons (Fsp3) is 0.333. The number of halogens is 1. The maximum absolute atomic E-state index is 13.4. The molecule has 0 bridgehead atoms. The molecule has 0 radical (unpaired) electrons. The molecule has 0 aliphatic heterocycles. The Morgan fingerprint density at radius 1 is 1.47 bits per heavy atom. The molecule has 1 unspecified atom stereocenters. The Bertz CT molecular complexity index is 445. The van der Waals surface area contributed by atoms with Crippen molar-refractivity contribution in [2.45, 2.75) is 26.3 Å². The number of aryl methyl sites for hydroxylation is 1. The zero-order valence-electron chi connectivity index (χ0n) is 9.66. The molecule has 1 aromatic carbocycles. The minimum atomic E-state index is -1.18. The van der Waals surface area contributed by atoms with Gasteiger partial charge < -0.3 is 10.4 Å². The number of rotatable bonds is 4. The van der Waals surface area contributed by atoms with Gasteiger partial charge in [0.2, 0.25) is 5.91 Å². The number of hydrogen-bond acceptors (Lipinski definition) is 2. The largest absolute Gasteiger partial charge is 0.480 e. The first-order valence-corrected chi connectivity index (χ1v) is 5.15. The predicted octanol–water partition coefficient (Wildman–Crippen LogP) is 1.27. The molecule has 0 saturated carbocycles. The number of benzene rings is 1. The molecule has 0 aliphatic rings. The van der Waals surface area contributed by atoms with E-state index in [0.29, 0.717) is 0 Å². The molecule has 17 heavy (non-hydrogen) atoms. The van der Waals surface area contributed by atoms with Crippen LogP contribution in [0.1, 0.15) is 18.1 Å². The lowest BCUT2D eigenvalue weighted by Gasteiger charge is -2.14. The number of aliphatic carboxylic acids is 1. The van der Waals surface area contributed by atoms with Gasteiger partial charge in [-0.2, -0.15) is 0 Å². The minimum absolute atomic E-state index is 0.0670. The molecule has 4 nitrogen and oxygen atoms in total. The van der Waals surface area contributed by atoms with Crippen molar-refractivity contribution in [1.82, 2.24) is 5.32 Å². The van der Waals surface area contributed by atoms with Gasteiger partial charge in [-0.25, -0.2) is 9.18 Å². The van der Waals surface area contributed by atoms with Gasteiger partial charge in [0.1, 0.15) is 11.9 Å². The van der Waals surface area contributed by atoms with Crippen molar-refractivity contribution >= 4 is 11.9 Å². The van der Waals surface area contributed by atoms with Crippen molar-refractivity contribution in [3.05, 3.63) is 35.1 Å². The Hall–Kier alpha value is -1.91. The smallest absolute Gasteiger partial charge is 0.326 e. The molecule has 0 aliphatic carbocycles. The Morgan fingerprint density at radius 2 is 2.12 bits per heavy atom. The van der Waals surface area contributed by atoms with Crippen LogP contribution < -0.4 is 5.32 Å². The van der Waals surface area contributed by atoms with E-state index < -0.39 is 23.7 Å². The highest BCUT2D eigenvalue weighted by Crippen LogP contribution is 2.12. The summed E-state index contributed by atoms with van der Waals surface area (Å²) in [5, 5.41) is 11.2. The summed E-state index contributed by atoms with van der Waals surface area (Å²) in [5.74, 6) is -2.10. The zero-order valence-corrected chi connectivity index (χ0v) is 9.66. The molecule has 1 rings (SSSR count). The lowest BCUT2D eigenvalue weighted by molar-refractivity contribution is -0.141. The average Bonchev–Trinajstić information content (AvgIpc) is 2.21. The molecule has 1 aromatic rings. The quantitative estimate of drug-likeness (QED) is 0.831. The molecule has 92 valence electrons. The summed E-state index contributed by atoms with van der Waals surface area (Å²) in [4.78, 5) is 21.7. The summed E-state index contributed by atoms with van der Waals surface area (Å²) in [6, 6.07) is 3.36. The van der Waals surface area contributed by atoms with Crippen LogP contribution in [0.15, 0.2) is 18.2 Å². The summed E-state index contributed by atoms with van der Waals surface area (Å²) in [7, 11) is 0. The second-order valence-electron chi connectivity index (χ2n) is 3.89. The van der Waals surface area contributed by atoms with Crippen molar-refractivity contribution < 1.29 is 19.1 Å². The van der Waals surface area contributed by atoms with E-state index in [1.807, 2.05) is 0 Å². The molecule has 1 amide bonds. The third-order valence-electron chi connectivity index (χ3n) is 2.30. The fourth-order valence-electron chi connectivity index (χ4n) is 1.53. The molecular formula is C12H14FNO3. The van der Waals surface area contributed by atoms with Crippen LogP contribution in [0.4, 0.5) is 4.39 Å². The first-order valence-electron chi connectivity index (χ1n) is 5.15. The Balaban J connectivity index is 2.89. The fourth-order valence-corrected chi connectivity index (χ4v) is 1.53. The average molecular weight is 239 g/mol. The highest BCUT2D eigenvalue weighted by atomic mass is 19.1. The highest BCUT2D eigenvalue weighted by molar-refractivity contribution is 5.82. The number of nitrogens with one attached hydrogen (secondary N) is 1. The normalized spacial score (nSPS) is 11.9. The van der Waals surface area contributed by atoms with Gasteiger partial charge in [-0.1, -0.05) is 17.7 Å². The van der Waals surface area contributed by atoms with E-state index in [0.717, 1.165) is 5.56 Å². The van der Waals surface area contributed by atoms with E-state index in [1.54, 1.807) is 19.1 Å². The van der Waals surface area contributed by atoms with Crippen molar-refractivity contribution in [3.63, 3.8) is 0 Å². The van der Waals surface area contributed by atoms with Crippen molar-refractivity contribution in [1.29, 1.82) is 0 Å². The van der Waals surface area contributed by atoms with E-state index in [4.69, 9.17) is 5.11 Å². The molecule has 0 heterocycles. The third-order valence-corrected chi connectivity index (χ3v) is 2.30. The Morgan fingerprint density at radius 3 is 2.65 bits per heavy atom. The minimum Gasteiger partial charge on any atom is -0.480 e. The number of amides is 1. The van der Waals surface area contributed by atoms with Gasteiger partial charge in [-0.3, -0.25) is 4.79 Å². The number of carboxylic acids is 1. The Labute approximate surface area is 98.5 Å². The highest BCUT2D eigenvalue weighted by Gasteiger charge is 2.20. The monoisotopic (exact) mass is 239 g/mol. The first kappa shape index (κ1) is 13.2. The molecule has 0 spiro atoms. The molecule has 0 aromatic heterocycles. The SMILES string of the molecule is CC(=O)NC(Cc1cc(C)ccc1F)C(=O)O. The zero-order chi connectivity index (χ0) is 13.0. The van der Waals surface area contributed by atoms with Crippen molar-refractivity contribution in [2.75, 3.05) is 0 Å². The summed E-state index contributed by atoms with van der Waals surface area (Å²) >= 11 is 0. The number of carbonyl (C=O) groups excluding carboxylic acids is 1. The third kappa shape index (κ3) is 3.86. The molecule has 0 fully saturated rings. The number of carboxylic acid groups (broad SMARTS) is 1. The maximum Gasteiger partial charge on any atom is 0.326 e. The van der Waals surface area contributed by atoms with Crippen LogP contribution in [0.25, 0.3) is 0 Å². The first-order chi connectivity index (χ1) is 7.90. The molecule has 5 heteroatoms. The maximum atomic E-state index is 13.4. The van der Waals surface area contributed by atoms with Crippen LogP contribution in [-0.4, -0.2) is 23.0 Å². The van der Waals surface area contributed by atoms with Crippen LogP contribution in [0, 0.1) is 12.7 Å². The second kappa shape index (κ2) is 5.43. The molecule has 1 atom stereocenters. The van der Waals surface area contributed by atoms with Crippen LogP contribution >= 0.6 is 0 Å². The van der Waals surface area contributed by atoms with Gasteiger partial charge in [-0.15, -0.1) is 0 Å². The van der Waals surface area contributed by atoms with E-state index in [-0.39, 0.29) is 12.0 Å². The van der Waals surface area contributed by atoms with Crippen molar-refractivity contribution in [2.24, 2.45) is 0 Å². The van der Waals surface area contributed by atoms with E-state index in [2.05, 4.69) is 5.32 Å². The van der Waals surface area contributed by atoms with Crippen molar-refractivity contribution in [3.8, 4) is 0 Å². The van der Waals surface area contributed by atoms with Gasteiger partial charge in [0.15, 0.2) is 0 Å². The number of carbonyl (C=O) groups is 2. The van der Waals surface area contributed by atoms with E-state index in [1.165, 1.54) is 13.0 Å². The lowest BCUT2D eigenvalue weighted by Crippen LogP contribution is -2.41. The number of hydrogen-bond donors (Lipinski definition) is 2. The molecule has 0 saturated heterocycles. The summed E-state index contributed by atoms with van der Waals surface area (Å²) in [6.07, 6.45) is -0.0670. The molecular weight excluding hydrogens is 225 g/mol. The van der Waals surface area contributed by atoms with Gasteiger partial charge in [-0.05, 0) is 18.6 Å². The van der Waals surface area contributed by atoms with Crippen LogP contribution in [-0.2, 0) is 16.0 Å². The predicted molar refractivity (Wildman–Crippen MR) is 60.1 cm³/mol. The van der Waals surface area contributed by atoms with Crippen LogP contribution in [0.2, 0.25) is 0 Å². The van der Waals surface area contributed by atoms with Crippen LogP contribution in [0.5, 0.6) is 0 Å². The van der Waals surface area contributed by atoms with Gasteiger partial charge >= 0.3 is 5.97 Å². The van der Waals surface area contributed by atoms with Crippen LogP contribution in [0.3, 0.4) is 0 Å². The summed E-state index contributed by atoms with van der Waals surface area (Å²) in [5.41, 5.74) is 1.12. The topological polar surface area (TPSA) is 66.4 Å². The lowest BCUT2D eigenvalue weighted by atomic mass is 10.0.